The molecule has 0 radical (unpaired) electrons. The highest BCUT2D eigenvalue weighted by Gasteiger charge is 2.20. The van der Waals surface area contributed by atoms with Crippen molar-refractivity contribution >= 4 is 17.5 Å². The number of aryl methyl sites for hydroxylation is 1. The molecular formula is C15H25N5O. The predicted molar refractivity (Wildman–Crippen MR) is 84.8 cm³/mol. The lowest BCUT2D eigenvalue weighted by Gasteiger charge is -2.24. The van der Waals surface area contributed by atoms with Gasteiger partial charge in [0.1, 0.15) is 17.5 Å². The average molecular weight is 291 g/mol. The minimum Gasteiger partial charge on any atom is -0.370 e. The molecule has 2 rings (SSSR count). The zero-order valence-corrected chi connectivity index (χ0v) is 13.2. The van der Waals surface area contributed by atoms with E-state index < -0.39 is 0 Å². The van der Waals surface area contributed by atoms with E-state index in [1.54, 1.807) is 0 Å². The van der Waals surface area contributed by atoms with Gasteiger partial charge in [0.15, 0.2) is 0 Å². The van der Waals surface area contributed by atoms with Gasteiger partial charge in [0.25, 0.3) is 0 Å². The van der Waals surface area contributed by atoms with Crippen molar-refractivity contribution in [1.82, 2.24) is 15.3 Å². The average Bonchev–Trinajstić information content (AvgIpc) is 2.70. The van der Waals surface area contributed by atoms with E-state index in [0.717, 1.165) is 61.9 Å². The number of hydrogen-bond acceptors (Lipinski definition) is 5. The summed E-state index contributed by atoms with van der Waals surface area (Å²) in [5.41, 5.74) is 1.02. The molecule has 1 aromatic heterocycles. The maximum Gasteiger partial charge on any atom is 0.239 e. The second-order valence-corrected chi connectivity index (χ2v) is 5.34. The Morgan fingerprint density at radius 1 is 1.33 bits per heavy atom. The molecule has 0 unspecified atom stereocenters. The summed E-state index contributed by atoms with van der Waals surface area (Å²) in [5.74, 6) is 2.66. The zero-order chi connectivity index (χ0) is 15.2. The fourth-order valence-electron chi connectivity index (χ4n) is 2.42. The molecule has 21 heavy (non-hydrogen) atoms. The van der Waals surface area contributed by atoms with Gasteiger partial charge < -0.3 is 15.5 Å². The van der Waals surface area contributed by atoms with Crippen LogP contribution in [-0.4, -0.2) is 42.1 Å². The number of carbonyl (C=O) groups excluding carboxylic acids is 1. The quantitative estimate of drug-likeness (QED) is 0.860. The van der Waals surface area contributed by atoms with Crippen LogP contribution in [0.2, 0.25) is 0 Å². The van der Waals surface area contributed by atoms with Crippen LogP contribution in [0, 0.1) is 6.92 Å². The number of amides is 1. The SMILES string of the molecule is CCCNc1nc(CC)nc(N2CCCNC(=O)C2)c1C. The number of nitrogens with one attached hydrogen (secondary N) is 2. The first kappa shape index (κ1) is 15.5. The Hall–Kier alpha value is -1.85. The highest BCUT2D eigenvalue weighted by molar-refractivity contribution is 5.82. The summed E-state index contributed by atoms with van der Waals surface area (Å²) < 4.78 is 0. The fourth-order valence-corrected chi connectivity index (χ4v) is 2.42. The Bertz CT molecular complexity index is 503. The maximum absolute atomic E-state index is 11.8. The van der Waals surface area contributed by atoms with Gasteiger partial charge in [-0.2, -0.15) is 0 Å². The molecule has 0 spiro atoms. The van der Waals surface area contributed by atoms with E-state index in [9.17, 15) is 4.79 Å². The van der Waals surface area contributed by atoms with Gasteiger partial charge >= 0.3 is 0 Å². The summed E-state index contributed by atoms with van der Waals surface area (Å²) in [6.07, 6.45) is 2.77. The van der Waals surface area contributed by atoms with E-state index >= 15 is 0 Å². The summed E-state index contributed by atoms with van der Waals surface area (Å²) in [5, 5.41) is 6.27. The lowest BCUT2D eigenvalue weighted by Crippen LogP contribution is -2.34. The van der Waals surface area contributed by atoms with Crippen LogP contribution in [0.15, 0.2) is 0 Å². The molecule has 1 fully saturated rings. The maximum atomic E-state index is 11.8. The Kier molecular flexibility index (Phi) is 5.36. The van der Waals surface area contributed by atoms with Crippen molar-refractivity contribution in [2.45, 2.75) is 40.0 Å². The number of aromatic nitrogens is 2. The van der Waals surface area contributed by atoms with E-state index in [2.05, 4.69) is 32.4 Å². The van der Waals surface area contributed by atoms with E-state index in [-0.39, 0.29) is 5.91 Å². The summed E-state index contributed by atoms with van der Waals surface area (Å²) in [6.45, 7) is 9.04. The van der Waals surface area contributed by atoms with Crippen molar-refractivity contribution < 1.29 is 4.79 Å². The first-order valence-electron chi connectivity index (χ1n) is 7.78. The molecule has 116 valence electrons. The zero-order valence-electron chi connectivity index (χ0n) is 13.2. The highest BCUT2D eigenvalue weighted by atomic mass is 16.2. The second-order valence-electron chi connectivity index (χ2n) is 5.34. The van der Waals surface area contributed by atoms with Crippen LogP contribution in [0.3, 0.4) is 0 Å². The second kappa shape index (κ2) is 7.24. The minimum atomic E-state index is 0.0617. The molecule has 1 saturated heterocycles. The molecule has 0 aliphatic carbocycles. The van der Waals surface area contributed by atoms with Gasteiger partial charge in [0.05, 0.1) is 6.54 Å². The number of rotatable bonds is 5. The van der Waals surface area contributed by atoms with Crippen molar-refractivity contribution in [3.63, 3.8) is 0 Å². The monoisotopic (exact) mass is 291 g/mol. The van der Waals surface area contributed by atoms with Crippen LogP contribution in [-0.2, 0) is 11.2 Å². The predicted octanol–water partition coefficient (Wildman–Crippen LogP) is 1.50. The Morgan fingerprint density at radius 2 is 2.14 bits per heavy atom. The molecule has 1 aromatic rings. The Morgan fingerprint density at radius 3 is 2.86 bits per heavy atom. The first-order valence-corrected chi connectivity index (χ1v) is 7.78. The van der Waals surface area contributed by atoms with Crippen LogP contribution >= 0.6 is 0 Å². The van der Waals surface area contributed by atoms with Gasteiger partial charge in [-0.25, -0.2) is 9.97 Å². The van der Waals surface area contributed by atoms with E-state index in [4.69, 9.17) is 0 Å². The summed E-state index contributed by atoms with van der Waals surface area (Å²) >= 11 is 0. The minimum absolute atomic E-state index is 0.0617. The van der Waals surface area contributed by atoms with Gasteiger partial charge in [0.2, 0.25) is 5.91 Å². The third-order valence-corrected chi connectivity index (χ3v) is 3.59. The number of nitrogens with zero attached hydrogens (tertiary/aromatic N) is 3. The molecule has 2 heterocycles. The molecule has 0 saturated carbocycles. The van der Waals surface area contributed by atoms with Gasteiger partial charge in [-0.1, -0.05) is 13.8 Å². The summed E-state index contributed by atoms with van der Waals surface area (Å²) in [4.78, 5) is 23.1. The van der Waals surface area contributed by atoms with Crippen LogP contribution in [0.1, 0.15) is 38.1 Å². The first-order chi connectivity index (χ1) is 10.2. The van der Waals surface area contributed by atoms with Gasteiger partial charge in [-0.05, 0) is 19.8 Å². The molecule has 6 nitrogen and oxygen atoms in total. The standard InChI is InChI=1S/C15H25N5O/c1-4-7-17-14-11(3)15(19-12(5-2)18-14)20-9-6-8-16-13(21)10-20/h4-10H2,1-3H3,(H,16,21)(H,17,18,19). The molecular weight excluding hydrogens is 266 g/mol. The third kappa shape index (κ3) is 3.83. The highest BCUT2D eigenvalue weighted by Crippen LogP contribution is 2.24. The molecule has 1 aliphatic rings. The summed E-state index contributed by atoms with van der Waals surface area (Å²) in [6, 6.07) is 0. The van der Waals surface area contributed by atoms with Crippen LogP contribution < -0.4 is 15.5 Å². The van der Waals surface area contributed by atoms with Crippen LogP contribution in [0.25, 0.3) is 0 Å². The largest absolute Gasteiger partial charge is 0.370 e. The molecule has 0 bridgehead atoms. The van der Waals surface area contributed by atoms with Gasteiger partial charge in [-0.15, -0.1) is 0 Å². The van der Waals surface area contributed by atoms with Crippen molar-refractivity contribution in [3.8, 4) is 0 Å². The third-order valence-electron chi connectivity index (χ3n) is 3.59. The Labute approximate surface area is 126 Å². The van der Waals surface area contributed by atoms with Crippen LogP contribution in [0.4, 0.5) is 11.6 Å². The van der Waals surface area contributed by atoms with Crippen molar-refractivity contribution in [1.29, 1.82) is 0 Å². The lowest BCUT2D eigenvalue weighted by atomic mass is 10.2. The van der Waals surface area contributed by atoms with Crippen LogP contribution in [0.5, 0.6) is 0 Å². The van der Waals surface area contributed by atoms with Crippen molar-refractivity contribution in [3.05, 3.63) is 11.4 Å². The molecule has 1 amide bonds. The van der Waals surface area contributed by atoms with E-state index in [0.29, 0.717) is 6.54 Å². The molecule has 1 aliphatic heterocycles. The molecule has 0 aromatic carbocycles. The smallest absolute Gasteiger partial charge is 0.239 e. The fraction of sp³-hybridized carbons (Fsp3) is 0.667. The Balaban J connectivity index is 2.33. The van der Waals surface area contributed by atoms with Gasteiger partial charge in [0, 0.05) is 31.6 Å². The van der Waals surface area contributed by atoms with Crippen molar-refractivity contribution in [2.24, 2.45) is 0 Å². The number of hydrogen-bond donors (Lipinski definition) is 2. The number of carbonyl (C=O) groups is 1. The molecule has 2 N–H and O–H groups in total. The lowest BCUT2D eigenvalue weighted by molar-refractivity contribution is -0.119. The summed E-state index contributed by atoms with van der Waals surface area (Å²) in [7, 11) is 0. The molecule has 6 heteroatoms. The number of anilines is 2. The van der Waals surface area contributed by atoms with E-state index in [1.807, 2.05) is 13.8 Å². The van der Waals surface area contributed by atoms with E-state index in [1.165, 1.54) is 0 Å². The van der Waals surface area contributed by atoms with Crippen molar-refractivity contribution in [2.75, 3.05) is 36.4 Å². The topological polar surface area (TPSA) is 70.2 Å². The molecule has 0 atom stereocenters. The normalized spacial score (nSPS) is 15.6. The van der Waals surface area contributed by atoms with Gasteiger partial charge in [-0.3, -0.25) is 4.79 Å².